The Morgan fingerprint density at radius 3 is 2.79 bits per heavy atom. The molecule has 0 radical (unpaired) electrons. The molecule has 0 aromatic carbocycles. The predicted molar refractivity (Wildman–Crippen MR) is 83.3 cm³/mol. The van der Waals surface area contributed by atoms with Gasteiger partial charge in [-0.25, -0.2) is 0 Å². The second-order valence-corrected chi connectivity index (χ2v) is 7.35. The molecule has 0 unspecified atom stereocenters. The molecule has 0 aliphatic carbocycles. The van der Waals surface area contributed by atoms with Crippen LogP contribution in [-0.4, -0.2) is 42.4 Å². The van der Waals surface area contributed by atoms with Crippen LogP contribution >= 0.6 is 27.3 Å². The largest absolute Gasteiger partial charge is 0.340 e. The molecule has 2 rings (SSSR count). The Bertz CT molecular complexity index is 427. The van der Waals surface area contributed by atoms with Crippen molar-refractivity contribution >= 4 is 33.2 Å². The van der Waals surface area contributed by atoms with Gasteiger partial charge in [-0.15, -0.1) is 11.3 Å². The summed E-state index contributed by atoms with van der Waals surface area (Å²) in [6.45, 7) is 5.69. The van der Waals surface area contributed by atoms with Crippen LogP contribution in [0.4, 0.5) is 0 Å². The molecule has 0 bridgehead atoms. The summed E-state index contributed by atoms with van der Waals surface area (Å²) in [6, 6.07) is 2.08. The van der Waals surface area contributed by atoms with Crippen LogP contribution in [-0.2, 0) is 11.3 Å². The molecule has 0 N–H and O–H groups in total. The summed E-state index contributed by atoms with van der Waals surface area (Å²) in [6.07, 6.45) is 2.43. The van der Waals surface area contributed by atoms with E-state index in [0.717, 1.165) is 23.5 Å². The summed E-state index contributed by atoms with van der Waals surface area (Å²) in [5.41, 5.74) is 0. The first-order valence-electron chi connectivity index (χ1n) is 6.74. The highest BCUT2D eigenvalue weighted by atomic mass is 79.9. The first-order valence-corrected chi connectivity index (χ1v) is 8.41. The highest BCUT2D eigenvalue weighted by Gasteiger charge is 2.19. The highest BCUT2D eigenvalue weighted by Crippen LogP contribution is 2.21. The van der Waals surface area contributed by atoms with Gasteiger partial charge in [-0.2, -0.15) is 0 Å². The van der Waals surface area contributed by atoms with Gasteiger partial charge < -0.3 is 4.90 Å². The average Bonchev–Trinajstić information content (AvgIpc) is 2.77. The van der Waals surface area contributed by atoms with Crippen LogP contribution in [0.2, 0.25) is 0 Å². The molecule has 5 heteroatoms. The number of piperidine rings is 1. The van der Waals surface area contributed by atoms with Crippen molar-refractivity contribution in [2.24, 2.45) is 5.92 Å². The number of nitrogens with zero attached hydrogens (tertiary/aromatic N) is 2. The van der Waals surface area contributed by atoms with Crippen molar-refractivity contribution in [1.29, 1.82) is 0 Å². The minimum Gasteiger partial charge on any atom is -0.340 e. The molecule has 1 aliphatic rings. The number of hydrogen-bond acceptors (Lipinski definition) is 3. The van der Waals surface area contributed by atoms with Crippen LogP contribution in [0.15, 0.2) is 15.9 Å². The first kappa shape index (κ1) is 15.0. The monoisotopic (exact) mass is 344 g/mol. The zero-order valence-electron chi connectivity index (χ0n) is 11.6. The number of rotatable bonds is 4. The molecule has 1 aromatic rings. The molecule has 1 fully saturated rings. The van der Waals surface area contributed by atoms with Crippen LogP contribution in [0.1, 0.15) is 24.6 Å². The average molecular weight is 345 g/mol. The number of amides is 1. The maximum Gasteiger partial charge on any atom is 0.236 e. The van der Waals surface area contributed by atoms with Gasteiger partial charge in [0.1, 0.15) is 0 Å². The molecule has 2 heterocycles. The van der Waals surface area contributed by atoms with Gasteiger partial charge in [0.05, 0.1) is 13.1 Å². The van der Waals surface area contributed by atoms with Crippen LogP contribution in [0.3, 0.4) is 0 Å². The Morgan fingerprint density at radius 1 is 1.53 bits per heavy atom. The summed E-state index contributed by atoms with van der Waals surface area (Å²) in [5, 5.41) is 2.06. The third-order valence-corrected chi connectivity index (χ3v) is 5.36. The number of carbonyl (C=O) groups is 1. The normalized spacial score (nSPS) is 17.6. The Morgan fingerprint density at radius 2 is 2.21 bits per heavy atom. The number of likely N-dealkylation sites (tertiary alicyclic amines) is 1. The summed E-state index contributed by atoms with van der Waals surface area (Å²) in [4.78, 5) is 17.5. The number of carbonyl (C=O) groups excluding carboxylic acids is 1. The Kier molecular flexibility index (Phi) is 5.42. The van der Waals surface area contributed by atoms with E-state index >= 15 is 0 Å². The molecule has 3 nitrogen and oxygen atoms in total. The minimum absolute atomic E-state index is 0.221. The van der Waals surface area contributed by atoms with Gasteiger partial charge in [-0.05, 0) is 53.8 Å². The fraction of sp³-hybridized carbons (Fsp3) is 0.643. The van der Waals surface area contributed by atoms with Gasteiger partial charge in [0.15, 0.2) is 0 Å². The number of halogens is 1. The second-order valence-electron chi connectivity index (χ2n) is 5.44. The number of likely N-dealkylation sites (N-methyl/N-ethyl adjacent to an activating group) is 1. The number of thiophene rings is 1. The van der Waals surface area contributed by atoms with Gasteiger partial charge in [0, 0.05) is 21.8 Å². The Balaban J connectivity index is 1.79. The second kappa shape index (κ2) is 6.86. The van der Waals surface area contributed by atoms with E-state index in [-0.39, 0.29) is 5.91 Å². The lowest BCUT2D eigenvalue weighted by Gasteiger charge is -2.30. The third kappa shape index (κ3) is 4.58. The molecule has 106 valence electrons. The predicted octanol–water partition coefficient (Wildman–Crippen LogP) is 3.20. The lowest BCUT2D eigenvalue weighted by atomic mass is 9.99. The van der Waals surface area contributed by atoms with E-state index in [4.69, 9.17) is 0 Å². The molecule has 0 atom stereocenters. The van der Waals surface area contributed by atoms with Crippen molar-refractivity contribution in [2.45, 2.75) is 26.3 Å². The van der Waals surface area contributed by atoms with Gasteiger partial charge in [-0.1, -0.05) is 6.92 Å². The van der Waals surface area contributed by atoms with Gasteiger partial charge in [0.2, 0.25) is 5.91 Å². The molecule has 1 aliphatic heterocycles. The van der Waals surface area contributed by atoms with Crippen molar-refractivity contribution in [3.63, 3.8) is 0 Å². The number of hydrogen-bond donors (Lipinski definition) is 0. The van der Waals surface area contributed by atoms with Crippen LogP contribution in [0.5, 0.6) is 0 Å². The van der Waals surface area contributed by atoms with Gasteiger partial charge in [-0.3, -0.25) is 9.69 Å². The molecule has 1 aromatic heterocycles. The molecule has 0 spiro atoms. The first-order chi connectivity index (χ1) is 9.04. The Hall–Kier alpha value is -0.390. The maximum atomic E-state index is 12.2. The molecule has 1 saturated heterocycles. The zero-order chi connectivity index (χ0) is 13.8. The van der Waals surface area contributed by atoms with E-state index in [9.17, 15) is 4.79 Å². The summed E-state index contributed by atoms with van der Waals surface area (Å²) in [5.74, 6) is 1.03. The summed E-state index contributed by atoms with van der Waals surface area (Å²) >= 11 is 5.13. The van der Waals surface area contributed by atoms with Gasteiger partial charge in [0.25, 0.3) is 0 Å². The lowest BCUT2D eigenvalue weighted by Crippen LogP contribution is -2.41. The highest BCUT2D eigenvalue weighted by molar-refractivity contribution is 9.10. The summed E-state index contributed by atoms with van der Waals surface area (Å²) in [7, 11) is 1.89. The molecule has 19 heavy (non-hydrogen) atoms. The van der Waals surface area contributed by atoms with E-state index in [0.29, 0.717) is 13.1 Å². The molecule has 1 amide bonds. The van der Waals surface area contributed by atoms with Crippen molar-refractivity contribution in [3.8, 4) is 0 Å². The SMILES string of the molecule is CC1CCN(CC(=O)N(C)Cc2cc(Br)cs2)CC1. The van der Waals surface area contributed by atoms with E-state index in [1.807, 2.05) is 11.9 Å². The molecular weight excluding hydrogens is 324 g/mol. The molecule has 0 saturated carbocycles. The van der Waals surface area contributed by atoms with Gasteiger partial charge >= 0.3 is 0 Å². The van der Waals surface area contributed by atoms with E-state index in [1.54, 1.807) is 11.3 Å². The standard InChI is InChI=1S/C14H21BrN2OS/c1-11-3-5-17(6-4-11)9-14(18)16(2)8-13-7-12(15)10-19-13/h7,10-11H,3-6,8-9H2,1-2H3. The topological polar surface area (TPSA) is 23.6 Å². The fourth-order valence-electron chi connectivity index (χ4n) is 2.29. The van der Waals surface area contributed by atoms with Crippen LogP contribution < -0.4 is 0 Å². The van der Waals surface area contributed by atoms with Crippen LogP contribution in [0.25, 0.3) is 0 Å². The zero-order valence-corrected chi connectivity index (χ0v) is 14.0. The van der Waals surface area contributed by atoms with Crippen LogP contribution in [0, 0.1) is 5.92 Å². The molecular formula is C14H21BrN2OS. The quantitative estimate of drug-likeness (QED) is 0.837. The van der Waals surface area contributed by atoms with E-state index in [1.165, 1.54) is 17.7 Å². The summed E-state index contributed by atoms with van der Waals surface area (Å²) < 4.78 is 1.10. The van der Waals surface area contributed by atoms with Crippen molar-refractivity contribution in [3.05, 3.63) is 20.8 Å². The van der Waals surface area contributed by atoms with Crippen molar-refractivity contribution < 1.29 is 4.79 Å². The van der Waals surface area contributed by atoms with Crippen molar-refractivity contribution in [1.82, 2.24) is 9.80 Å². The van der Waals surface area contributed by atoms with Crippen molar-refractivity contribution in [2.75, 3.05) is 26.7 Å². The third-order valence-electron chi connectivity index (χ3n) is 3.68. The Labute approximate surface area is 127 Å². The van der Waals surface area contributed by atoms with E-state index < -0.39 is 0 Å². The van der Waals surface area contributed by atoms with E-state index in [2.05, 4.69) is 39.2 Å². The maximum absolute atomic E-state index is 12.2. The minimum atomic E-state index is 0.221. The smallest absolute Gasteiger partial charge is 0.236 e. The lowest BCUT2D eigenvalue weighted by molar-refractivity contribution is -0.131. The fourth-order valence-corrected chi connectivity index (χ4v) is 3.79.